The molecule has 0 radical (unpaired) electrons. The summed E-state index contributed by atoms with van der Waals surface area (Å²) in [6, 6.07) is 17.8. The Morgan fingerprint density at radius 1 is 0.864 bits per heavy atom. The summed E-state index contributed by atoms with van der Waals surface area (Å²) >= 11 is 0. The monoisotopic (exact) mass is 293 g/mol. The number of nitrogens with two attached hydrogens (primary N) is 1. The first-order valence-corrected chi connectivity index (χ1v) is 6.79. The van der Waals surface area contributed by atoms with Gasteiger partial charge < -0.3 is 5.11 Å². The highest BCUT2D eigenvalue weighted by atomic mass is 16.3. The number of nitrogens with one attached hydrogen (secondary N) is 1. The third-order valence-electron chi connectivity index (χ3n) is 3.22. The van der Waals surface area contributed by atoms with Gasteiger partial charge in [-0.1, -0.05) is 54.6 Å². The van der Waals surface area contributed by atoms with E-state index in [4.69, 9.17) is 5.84 Å². The fourth-order valence-corrected chi connectivity index (χ4v) is 1.99. The molecule has 6 heteroatoms. The zero-order valence-corrected chi connectivity index (χ0v) is 11.8. The molecule has 0 bridgehead atoms. The minimum Gasteiger partial charge on any atom is -0.479 e. The number of benzene rings is 2. The van der Waals surface area contributed by atoms with E-state index in [2.05, 4.69) is 44.6 Å². The second kappa shape index (κ2) is 6.19. The zero-order chi connectivity index (χ0) is 15.4. The van der Waals surface area contributed by atoms with E-state index in [0.29, 0.717) is 12.2 Å². The Hall–Kier alpha value is -2.99. The van der Waals surface area contributed by atoms with Crippen molar-refractivity contribution in [1.82, 2.24) is 15.0 Å². The Labute approximate surface area is 127 Å². The molecule has 0 amide bonds. The molecular weight excluding hydrogens is 278 g/mol. The van der Waals surface area contributed by atoms with E-state index in [1.165, 1.54) is 11.1 Å². The molecule has 0 unspecified atom stereocenters. The molecule has 110 valence electrons. The maximum absolute atomic E-state index is 9.25. The number of hydrogen-bond donors (Lipinski definition) is 3. The van der Waals surface area contributed by atoms with Crippen molar-refractivity contribution in [2.24, 2.45) is 5.84 Å². The van der Waals surface area contributed by atoms with Gasteiger partial charge in [-0.3, -0.25) is 5.43 Å². The molecule has 0 saturated carbocycles. The van der Waals surface area contributed by atoms with Crippen molar-refractivity contribution >= 4 is 5.95 Å². The van der Waals surface area contributed by atoms with Crippen molar-refractivity contribution in [1.29, 1.82) is 0 Å². The summed E-state index contributed by atoms with van der Waals surface area (Å²) in [6.45, 7) is 0. The van der Waals surface area contributed by atoms with E-state index in [1.807, 2.05) is 30.3 Å². The first-order chi connectivity index (χ1) is 10.7. The van der Waals surface area contributed by atoms with E-state index in [1.54, 1.807) is 0 Å². The second-order valence-electron chi connectivity index (χ2n) is 4.76. The fourth-order valence-electron chi connectivity index (χ4n) is 1.99. The highest BCUT2D eigenvalue weighted by Crippen LogP contribution is 2.29. The molecule has 1 heterocycles. The SMILES string of the molecule is NNc1nc(O)nc(Cc2ccccc2)n1.c1cc2ccc1-2. The highest BCUT2D eigenvalue weighted by molar-refractivity contribution is 5.75. The molecule has 2 aliphatic carbocycles. The van der Waals surface area contributed by atoms with Crippen LogP contribution in [-0.4, -0.2) is 20.1 Å². The summed E-state index contributed by atoms with van der Waals surface area (Å²) in [6.07, 6.45) is 0.519. The number of hydrazine groups is 1. The average Bonchev–Trinajstić information content (AvgIpc) is 2.52. The van der Waals surface area contributed by atoms with Crippen LogP contribution in [-0.2, 0) is 6.42 Å². The molecule has 1 aromatic heterocycles. The van der Waals surface area contributed by atoms with E-state index in [-0.39, 0.29) is 12.0 Å². The van der Waals surface area contributed by atoms with Crippen molar-refractivity contribution in [3.8, 4) is 17.1 Å². The largest absolute Gasteiger partial charge is 0.479 e. The van der Waals surface area contributed by atoms with Crippen LogP contribution in [0.5, 0.6) is 6.01 Å². The molecule has 4 rings (SSSR count). The lowest BCUT2D eigenvalue weighted by Gasteiger charge is -2.10. The Bertz CT molecular complexity index is 738. The number of fused-ring (bicyclic) bond motifs is 1. The van der Waals surface area contributed by atoms with Crippen molar-refractivity contribution in [3.63, 3.8) is 0 Å². The molecule has 2 aromatic rings. The topological polar surface area (TPSA) is 97.0 Å². The number of anilines is 1. The van der Waals surface area contributed by atoms with Crippen LogP contribution in [0.1, 0.15) is 11.4 Å². The Balaban J connectivity index is 0.000000196. The third kappa shape index (κ3) is 3.18. The predicted molar refractivity (Wildman–Crippen MR) is 84.0 cm³/mol. The molecular formula is C16H15N5O. The summed E-state index contributed by atoms with van der Waals surface area (Å²) in [5.41, 5.74) is 6.18. The third-order valence-corrected chi connectivity index (χ3v) is 3.22. The van der Waals surface area contributed by atoms with Gasteiger partial charge >= 0.3 is 6.01 Å². The van der Waals surface area contributed by atoms with Crippen molar-refractivity contribution in [3.05, 3.63) is 66.0 Å². The van der Waals surface area contributed by atoms with E-state index in [0.717, 1.165) is 5.56 Å². The summed E-state index contributed by atoms with van der Waals surface area (Å²) in [5, 5.41) is 9.25. The Morgan fingerprint density at radius 2 is 1.50 bits per heavy atom. The normalized spacial score (nSPS) is 10.4. The van der Waals surface area contributed by atoms with Crippen LogP contribution in [0.15, 0.2) is 54.6 Å². The molecule has 0 saturated heterocycles. The summed E-state index contributed by atoms with van der Waals surface area (Å²) < 4.78 is 0. The number of nitrogen functional groups attached to an aromatic ring is 1. The Kier molecular flexibility index (Phi) is 3.93. The molecule has 0 aliphatic heterocycles. The second-order valence-corrected chi connectivity index (χ2v) is 4.76. The van der Waals surface area contributed by atoms with Crippen LogP contribution in [0, 0.1) is 0 Å². The van der Waals surface area contributed by atoms with Crippen LogP contribution in [0.3, 0.4) is 0 Å². The van der Waals surface area contributed by atoms with Gasteiger partial charge in [-0.2, -0.15) is 15.0 Å². The molecule has 1 aromatic carbocycles. The number of rotatable bonds is 3. The van der Waals surface area contributed by atoms with Crippen molar-refractivity contribution < 1.29 is 5.11 Å². The minimum atomic E-state index is -0.339. The van der Waals surface area contributed by atoms with Crippen LogP contribution < -0.4 is 11.3 Å². The average molecular weight is 293 g/mol. The van der Waals surface area contributed by atoms with E-state index >= 15 is 0 Å². The zero-order valence-electron chi connectivity index (χ0n) is 11.8. The summed E-state index contributed by atoms with van der Waals surface area (Å²) in [4.78, 5) is 11.4. The molecule has 2 aliphatic rings. The van der Waals surface area contributed by atoms with Gasteiger partial charge in [0.25, 0.3) is 0 Å². The van der Waals surface area contributed by atoms with E-state index in [9.17, 15) is 5.11 Å². The first kappa shape index (κ1) is 14.0. The molecule has 0 atom stereocenters. The van der Waals surface area contributed by atoms with Crippen molar-refractivity contribution in [2.75, 3.05) is 5.43 Å². The quantitative estimate of drug-likeness (QED) is 0.395. The molecule has 0 fully saturated rings. The van der Waals surface area contributed by atoms with Crippen molar-refractivity contribution in [2.45, 2.75) is 6.42 Å². The van der Waals surface area contributed by atoms with Crippen LogP contribution in [0.4, 0.5) is 5.95 Å². The number of aromatic nitrogens is 3. The standard InChI is InChI=1S/C10H11N5O.C6H4/c11-15-9-12-8(13-10(16)14-9)6-7-4-2-1-3-5-7;1-2-6-4-3-5(1)6/h1-5H,6,11H2,(H2,12,13,14,15,16);1-4H. The van der Waals surface area contributed by atoms with Crippen LogP contribution in [0.2, 0.25) is 0 Å². The van der Waals surface area contributed by atoms with Gasteiger partial charge in [-0.25, -0.2) is 5.84 Å². The van der Waals surface area contributed by atoms with E-state index < -0.39 is 0 Å². The van der Waals surface area contributed by atoms with Gasteiger partial charge in [0.05, 0.1) is 0 Å². The van der Waals surface area contributed by atoms with Gasteiger partial charge in [0, 0.05) is 6.42 Å². The maximum atomic E-state index is 9.25. The van der Waals surface area contributed by atoms with Gasteiger partial charge in [0.15, 0.2) is 0 Å². The lowest BCUT2D eigenvalue weighted by Crippen LogP contribution is -2.12. The highest BCUT2D eigenvalue weighted by Gasteiger charge is 2.05. The molecule has 0 spiro atoms. The minimum absolute atomic E-state index is 0.151. The number of aromatic hydroxyl groups is 1. The maximum Gasteiger partial charge on any atom is 0.319 e. The number of nitrogens with zero attached hydrogens (tertiary/aromatic N) is 3. The molecule has 4 N–H and O–H groups in total. The van der Waals surface area contributed by atoms with Crippen LogP contribution >= 0.6 is 0 Å². The lowest BCUT2D eigenvalue weighted by molar-refractivity contribution is 0.426. The first-order valence-electron chi connectivity index (χ1n) is 6.79. The lowest BCUT2D eigenvalue weighted by atomic mass is 9.95. The van der Waals surface area contributed by atoms with Gasteiger partial charge in [-0.15, -0.1) is 0 Å². The smallest absolute Gasteiger partial charge is 0.319 e. The number of hydrogen-bond acceptors (Lipinski definition) is 6. The van der Waals surface area contributed by atoms with Gasteiger partial charge in [-0.05, 0) is 16.7 Å². The summed E-state index contributed by atoms with van der Waals surface area (Å²) in [7, 11) is 0. The van der Waals surface area contributed by atoms with Crippen LogP contribution in [0.25, 0.3) is 11.1 Å². The fraction of sp³-hybridized carbons (Fsp3) is 0.0625. The van der Waals surface area contributed by atoms with Gasteiger partial charge in [0.2, 0.25) is 5.95 Å². The molecule has 6 nitrogen and oxygen atoms in total. The summed E-state index contributed by atoms with van der Waals surface area (Å²) in [5.74, 6) is 5.78. The van der Waals surface area contributed by atoms with Gasteiger partial charge in [0.1, 0.15) is 5.82 Å². The Morgan fingerprint density at radius 3 is 2.00 bits per heavy atom. The molecule has 22 heavy (non-hydrogen) atoms. The predicted octanol–water partition coefficient (Wildman–Crippen LogP) is 2.12.